The number of carboxylic acid groups (broad SMARTS) is 1. The van der Waals surface area contributed by atoms with Gasteiger partial charge in [0.25, 0.3) is 0 Å². The van der Waals surface area contributed by atoms with Crippen LogP contribution in [0.25, 0.3) is 0 Å². The maximum atomic E-state index is 11.5. The highest BCUT2D eigenvalue weighted by Crippen LogP contribution is 2.35. The monoisotopic (exact) mass is 238 g/mol. The molecule has 0 aromatic rings. The van der Waals surface area contributed by atoms with Crippen molar-refractivity contribution in [3.8, 4) is 0 Å². The minimum atomic E-state index is -0.869. The Bertz CT molecular complexity index is 326. The molecule has 0 saturated heterocycles. The van der Waals surface area contributed by atoms with Gasteiger partial charge < -0.3 is 5.11 Å². The summed E-state index contributed by atoms with van der Waals surface area (Å²) in [5.74, 6) is -0.110. The van der Waals surface area contributed by atoms with Gasteiger partial charge in [-0.1, -0.05) is 32.8 Å². The summed E-state index contributed by atoms with van der Waals surface area (Å²) in [6.07, 6.45) is 5.18. The van der Waals surface area contributed by atoms with Crippen LogP contribution in [0.4, 0.5) is 0 Å². The van der Waals surface area contributed by atoms with Gasteiger partial charge in [0.2, 0.25) is 0 Å². The highest BCUT2D eigenvalue weighted by atomic mass is 16.4. The second-order valence-electron chi connectivity index (χ2n) is 4.98. The molecule has 0 saturated carbocycles. The zero-order valence-corrected chi connectivity index (χ0v) is 10.9. The summed E-state index contributed by atoms with van der Waals surface area (Å²) >= 11 is 0. The average Bonchev–Trinajstić information content (AvgIpc) is 2.30. The first kappa shape index (κ1) is 13.9. The quantitative estimate of drug-likeness (QED) is 0.801. The molecule has 0 radical (unpaired) electrons. The zero-order chi connectivity index (χ0) is 13.0. The summed E-state index contributed by atoms with van der Waals surface area (Å²) in [5, 5.41) is 9.10. The van der Waals surface area contributed by atoms with Gasteiger partial charge in [-0.3, -0.25) is 4.79 Å². The van der Waals surface area contributed by atoms with Crippen LogP contribution in [0.15, 0.2) is 11.6 Å². The van der Waals surface area contributed by atoms with Crippen molar-refractivity contribution in [3.63, 3.8) is 0 Å². The van der Waals surface area contributed by atoms with Crippen molar-refractivity contribution in [2.24, 2.45) is 17.8 Å². The summed E-state index contributed by atoms with van der Waals surface area (Å²) in [7, 11) is 0. The highest BCUT2D eigenvalue weighted by Gasteiger charge is 2.31. The molecule has 17 heavy (non-hydrogen) atoms. The molecule has 2 atom stereocenters. The molecule has 3 heteroatoms. The van der Waals surface area contributed by atoms with Crippen molar-refractivity contribution in [2.75, 3.05) is 0 Å². The van der Waals surface area contributed by atoms with Crippen LogP contribution in [0.5, 0.6) is 0 Å². The van der Waals surface area contributed by atoms with Crippen LogP contribution in [0.2, 0.25) is 0 Å². The number of carbonyl (C=O) groups is 2. The predicted octanol–water partition coefficient (Wildman–Crippen LogP) is 3.05. The number of carboxylic acids is 1. The Kier molecular flexibility index (Phi) is 4.91. The lowest BCUT2D eigenvalue weighted by molar-refractivity contribution is -0.133. The Balaban J connectivity index is 2.92. The molecule has 0 aromatic carbocycles. The lowest BCUT2D eigenvalue weighted by Gasteiger charge is -2.30. The predicted molar refractivity (Wildman–Crippen MR) is 66.7 cm³/mol. The number of hydrogen-bond donors (Lipinski definition) is 1. The average molecular weight is 238 g/mol. The van der Waals surface area contributed by atoms with Crippen LogP contribution < -0.4 is 0 Å². The molecule has 0 bridgehead atoms. The fraction of sp³-hybridized carbons (Fsp3) is 0.714. The van der Waals surface area contributed by atoms with Crippen molar-refractivity contribution >= 4 is 11.8 Å². The van der Waals surface area contributed by atoms with Crippen LogP contribution in [0.3, 0.4) is 0 Å². The fourth-order valence-electron chi connectivity index (χ4n) is 2.76. The third-order valence-electron chi connectivity index (χ3n) is 3.94. The van der Waals surface area contributed by atoms with Crippen molar-refractivity contribution in [1.82, 2.24) is 0 Å². The van der Waals surface area contributed by atoms with E-state index in [1.54, 1.807) is 6.92 Å². The summed E-state index contributed by atoms with van der Waals surface area (Å²) < 4.78 is 0. The molecule has 0 aromatic heterocycles. The van der Waals surface area contributed by atoms with Gasteiger partial charge in [0, 0.05) is 11.5 Å². The minimum Gasteiger partial charge on any atom is -0.478 e. The summed E-state index contributed by atoms with van der Waals surface area (Å²) in [5.41, 5.74) is 0.424. The molecule has 0 heterocycles. The van der Waals surface area contributed by atoms with Gasteiger partial charge in [-0.05, 0) is 31.6 Å². The molecule has 0 spiro atoms. The van der Waals surface area contributed by atoms with E-state index in [0.717, 1.165) is 19.3 Å². The SMILES string of the molecule is CCC(CC)C1C=C(C(=O)O)CC(C(C)=O)C1. The van der Waals surface area contributed by atoms with Crippen LogP contribution >= 0.6 is 0 Å². The molecular formula is C14H22O3. The number of Topliss-reactive ketones (excluding diaryl/α,β-unsaturated/α-hetero) is 1. The first-order chi connectivity index (χ1) is 7.99. The largest absolute Gasteiger partial charge is 0.478 e. The van der Waals surface area contributed by atoms with Crippen LogP contribution in [0, 0.1) is 17.8 Å². The van der Waals surface area contributed by atoms with Crippen molar-refractivity contribution in [3.05, 3.63) is 11.6 Å². The van der Waals surface area contributed by atoms with E-state index in [-0.39, 0.29) is 17.6 Å². The van der Waals surface area contributed by atoms with E-state index in [1.807, 2.05) is 6.08 Å². The smallest absolute Gasteiger partial charge is 0.331 e. The van der Waals surface area contributed by atoms with Crippen LogP contribution in [-0.4, -0.2) is 16.9 Å². The molecule has 1 N–H and O–H groups in total. The van der Waals surface area contributed by atoms with E-state index in [1.165, 1.54) is 0 Å². The lowest BCUT2D eigenvalue weighted by Crippen LogP contribution is -2.26. The topological polar surface area (TPSA) is 54.4 Å². The van der Waals surface area contributed by atoms with E-state index in [2.05, 4.69) is 13.8 Å². The van der Waals surface area contributed by atoms with Crippen LogP contribution in [-0.2, 0) is 9.59 Å². The van der Waals surface area contributed by atoms with Gasteiger partial charge in [0.05, 0.1) is 0 Å². The Morgan fingerprint density at radius 3 is 2.41 bits per heavy atom. The standard InChI is InChI=1S/C14H22O3/c1-4-10(5-2)12-6-11(9(3)15)7-13(8-12)14(16)17/h8,10-12H,4-7H2,1-3H3,(H,16,17). The molecule has 96 valence electrons. The maximum Gasteiger partial charge on any atom is 0.331 e. The Morgan fingerprint density at radius 2 is 2.00 bits per heavy atom. The van der Waals surface area contributed by atoms with Crippen molar-refractivity contribution < 1.29 is 14.7 Å². The Labute approximate surface area is 103 Å². The van der Waals surface area contributed by atoms with Crippen molar-refractivity contribution in [2.45, 2.75) is 46.5 Å². The first-order valence-corrected chi connectivity index (χ1v) is 6.43. The number of carbonyl (C=O) groups excluding carboxylic acids is 1. The van der Waals surface area contributed by atoms with E-state index in [9.17, 15) is 9.59 Å². The molecule has 1 aliphatic rings. The second kappa shape index (κ2) is 5.99. The van der Waals surface area contributed by atoms with E-state index >= 15 is 0 Å². The highest BCUT2D eigenvalue weighted by molar-refractivity contribution is 5.89. The van der Waals surface area contributed by atoms with Gasteiger partial charge in [0.15, 0.2) is 0 Å². The summed E-state index contributed by atoms with van der Waals surface area (Å²) in [6.45, 7) is 5.82. The number of rotatable bonds is 5. The summed E-state index contributed by atoms with van der Waals surface area (Å²) in [4.78, 5) is 22.6. The fourth-order valence-corrected chi connectivity index (χ4v) is 2.76. The van der Waals surface area contributed by atoms with Gasteiger partial charge in [-0.2, -0.15) is 0 Å². The molecule has 3 nitrogen and oxygen atoms in total. The zero-order valence-electron chi connectivity index (χ0n) is 10.9. The van der Waals surface area contributed by atoms with Gasteiger partial charge >= 0.3 is 5.97 Å². The van der Waals surface area contributed by atoms with E-state index < -0.39 is 5.97 Å². The first-order valence-electron chi connectivity index (χ1n) is 6.43. The Hall–Kier alpha value is -1.12. The number of allylic oxidation sites excluding steroid dienone is 1. The third kappa shape index (κ3) is 3.42. The number of hydrogen-bond acceptors (Lipinski definition) is 2. The molecule has 1 rings (SSSR count). The molecular weight excluding hydrogens is 216 g/mol. The van der Waals surface area contributed by atoms with Crippen LogP contribution in [0.1, 0.15) is 46.5 Å². The van der Waals surface area contributed by atoms with E-state index in [0.29, 0.717) is 17.9 Å². The normalized spacial score (nSPS) is 24.6. The molecule has 2 unspecified atom stereocenters. The lowest BCUT2D eigenvalue weighted by atomic mass is 9.73. The second-order valence-corrected chi connectivity index (χ2v) is 4.98. The van der Waals surface area contributed by atoms with Gasteiger partial charge in [-0.15, -0.1) is 0 Å². The minimum absolute atomic E-state index is 0.100. The van der Waals surface area contributed by atoms with Gasteiger partial charge in [0.1, 0.15) is 5.78 Å². The summed E-state index contributed by atoms with van der Waals surface area (Å²) in [6, 6.07) is 0. The third-order valence-corrected chi connectivity index (χ3v) is 3.94. The molecule has 1 aliphatic carbocycles. The Morgan fingerprint density at radius 1 is 1.41 bits per heavy atom. The number of aliphatic carboxylic acids is 1. The molecule has 0 fully saturated rings. The molecule has 0 aliphatic heterocycles. The number of ketones is 1. The van der Waals surface area contributed by atoms with Gasteiger partial charge in [-0.25, -0.2) is 4.79 Å². The van der Waals surface area contributed by atoms with Crippen molar-refractivity contribution in [1.29, 1.82) is 0 Å². The maximum absolute atomic E-state index is 11.5. The molecule has 0 amide bonds. The van der Waals surface area contributed by atoms with E-state index in [4.69, 9.17) is 5.11 Å².